The average molecular weight is 185 g/mol. The van der Waals surface area contributed by atoms with Crippen molar-refractivity contribution in [3.8, 4) is 0 Å². The van der Waals surface area contributed by atoms with E-state index in [9.17, 15) is 4.79 Å². The summed E-state index contributed by atoms with van der Waals surface area (Å²) in [5, 5.41) is 0. The molecule has 2 unspecified atom stereocenters. The molecule has 0 radical (unpaired) electrons. The van der Waals surface area contributed by atoms with E-state index in [1.165, 1.54) is 0 Å². The summed E-state index contributed by atoms with van der Waals surface area (Å²) in [5.74, 6) is 0.236. The Labute approximate surface area is 80.1 Å². The summed E-state index contributed by atoms with van der Waals surface area (Å²) in [6.45, 7) is 7.53. The van der Waals surface area contributed by atoms with Gasteiger partial charge >= 0.3 is 0 Å². The Morgan fingerprint density at radius 3 is 2.62 bits per heavy atom. The molecule has 0 spiro atoms. The van der Waals surface area contributed by atoms with E-state index in [0.29, 0.717) is 0 Å². The van der Waals surface area contributed by atoms with Gasteiger partial charge in [-0.05, 0) is 27.2 Å². The Kier molecular flexibility index (Phi) is 3.09. The molecule has 1 aliphatic heterocycles. The molecule has 76 valence electrons. The predicted octanol–water partition coefficient (Wildman–Crippen LogP) is 1.07. The lowest BCUT2D eigenvalue weighted by Crippen LogP contribution is -2.39. The van der Waals surface area contributed by atoms with Gasteiger partial charge in [0, 0.05) is 20.2 Å². The molecule has 1 saturated heterocycles. The topological polar surface area (TPSA) is 29.5 Å². The number of carbonyl (C=O) groups is 1. The van der Waals surface area contributed by atoms with Gasteiger partial charge in [-0.15, -0.1) is 0 Å². The fourth-order valence-corrected chi connectivity index (χ4v) is 1.72. The van der Waals surface area contributed by atoms with Gasteiger partial charge in [-0.2, -0.15) is 0 Å². The molecule has 1 fully saturated rings. The molecule has 3 nitrogen and oxygen atoms in total. The molecule has 1 rings (SSSR count). The van der Waals surface area contributed by atoms with E-state index in [1.54, 1.807) is 14.0 Å². The van der Waals surface area contributed by atoms with E-state index < -0.39 is 0 Å². The van der Waals surface area contributed by atoms with Crippen LogP contribution < -0.4 is 0 Å². The lowest BCUT2D eigenvalue weighted by Gasteiger charge is -2.25. The number of likely N-dealkylation sites (tertiary alicyclic amines) is 1. The standard InChI is InChI=1S/C10H19NO2/c1-8(9(2)12)11-6-5-10(3,7-11)13-4/h8H,5-7H2,1-4H3. The SMILES string of the molecule is COC1(C)CCN(C(C)C(C)=O)C1. The summed E-state index contributed by atoms with van der Waals surface area (Å²) in [4.78, 5) is 13.3. The predicted molar refractivity (Wildman–Crippen MR) is 51.7 cm³/mol. The van der Waals surface area contributed by atoms with Crippen molar-refractivity contribution >= 4 is 5.78 Å². The number of Topliss-reactive ketones (excluding diaryl/α,β-unsaturated/α-hetero) is 1. The molecular formula is C10H19NO2. The number of ketones is 1. The van der Waals surface area contributed by atoms with Crippen molar-refractivity contribution in [2.75, 3.05) is 20.2 Å². The van der Waals surface area contributed by atoms with Crippen molar-refractivity contribution in [2.24, 2.45) is 0 Å². The van der Waals surface area contributed by atoms with Gasteiger partial charge in [0.1, 0.15) is 5.78 Å². The average Bonchev–Trinajstić information content (AvgIpc) is 2.47. The maximum atomic E-state index is 11.1. The van der Waals surface area contributed by atoms with Crippen LogP contribution in [0.5, 0.6) is 0 Å². The third kappa shape index (κ3) is 2.29. The highest BCUT2D eigenvalue weighted by molar-refractivity contribution is 5.81. The van der Waals surface area contributed by atoms with Gasteiger partial charge in [0.15, 0.2) is 0 Å². The summed E-state index contributed by atoms with van der Waals surface area (Å²) in [6, 6.07) is 0.0389. The van der Waals surface area contributed by atoms with Crippen molar-refractivity contribution < 1.29 is 9.53 Å². The van der Waals surface area contributed by atoms with Gasteiger partial charge < -0.3 is 4.74 Å². The van der Waals surface area contributed by atoms with E-state index in [1.807, 2.05) is 6.92 Å². The van der Waals surface area contributed by atoms with Gasteiger partial charge in [0.2, 0.25) is 0 Å². The summed E-state index contributed by atoms with van der Waals surface area (Å²) < 4.78 is 5.41. The number of nitrogens with zero attached hydrogens (tertiary/aromatic N) is 1. The fourth-order valence-electron chi connectivity index (χ4n) is 1.72. The summed E-state index contributed by atoms with van der Waals surface area (Å²) in [6.07, 6.45) is 1.02. The van der Waals surface area contributed by atoms with Crippen LogP contribution in [0.2, 0.25) is 0 Å². The zero-order valence-corrected chi connectivity index (χ0v) is 8.96. The highest BCUT2D eigenvalue weighted by Crippen LogP contribution is 2.25. The molecule has 0 aromatic heterocycles. The van der Waals surface area contributed by atoms with Gasteiger partial charge in [-0.1, -0.05) is 0 Å². The van der Waals surface area contributed by atoms with Crippen LogP contribution in [0.4, 0.5) is 0 Å². The second-order valence-corrected chi connectivity index (χ2v) is 4.16. The molecule has 0 amide bonds. The molecule has 0 aliphatic carbocycles. The molecule has 0 aromatic rings. The van der Waals surface area contributed by atoms with Crippen molar-refractivity contribution in [3.05, 3.63) is 0 Å². The minimum Gasteiger partial charge on any atom is -0.377 e. The summed E-state index contributed by atoms with van der Waals surface area (Å²) >= 11 is 0. The third-order valence-electron chi connectivity index (χ3n) is 3.09. The van der Waals surface area contributed by atoms with Crippen molar-refractivity contribution in [2.45, 2.75) is 38.8 Å². The lowest BCUT2D eigenvalue weighted by atomic mass is 10.1. The molecule has 0 N–H and O–H groups in total. The largest absolute Gasteiger partial charge is 0.377 e. The Bertz CT molecular complexity index is 205. The smallest absolute Gasteiger partial charge is 0.146 e. The third-order valence-corrected chi connectivity index (χ3v) is 3.09. The van der Waals surface area contributed by atoms with Gasteiger partial charge in [0.05, 0.1) is 11.6 Å². The van der Waals surface area contributed by atoms with Crippen LogP contribution in [0.3, 0.4) is 0 Å². The normalized spacial score (nSPS) is 32.0. The van der Waals surface area contributed by atoms with Crippen LogP contribution in [0.25, 0.3) is 0 Å². The molecule has 0 saturated carbocycles. The Morgan fingerprint density at radius 2 is 2.23 bits per heavy atom. The molecule has 0 aromatic carbocycles. The first-order valence-corrected chi connectivity index (χ1v) is 4.78. The van der Waals surface area contributed by atoms with Crippen LogP contribution in [0, 0.1) is 0 Å². The number of carbonyl (C=O) groups excluding carboxylic acids is 1. The van der Waals surface area contributed by atoms with Crippen LogP contribution >= 0.6 is 0 Å². The number of ether oxygens (including phenoxy) is 1. The van der Waals surface area contributed by atoms with Crippen LogP contribution in [-0.4, -0.2) is 42.5 Å². The Hall–Kier alpha value is -0.410. The van der Waals surface area contributed by atoms with Gasteiger partial charge in [0.25, 0.3) is 0 Å². The number of rotatable bonds is 3. The highest BCUT2D eigenvalue weighted by Gasteiger charge is 2.36. The Balaban J connectivity index is 2.54. The number of hydrogen-bond acceptors (Lipinski definition) is 3. The second kappa shape index (κ2) is 3.76. The van der Waals surface area contributed by atoms with E-state index in [0.717, 1.165) is 19.5 Å². The molecule has 3 heteroatoms. The zero-order chi connectivity index (χ0) is 10.1. The minimum atomic E-state index is -0.0519. The fraction of sp³-hybridized carbons (Fsp3) is 0.900. The van der Waals surface area contributed by atoms with Gasteiger partial charge in [-0.3, -0.25) is 9.69 Å². The molecular weight excluding hydrogens is 166 g/mol. The van der Waals surface area contributed by atoms with E-state index >= 15 is 0 Å². The van der Waals surface area contributed by atoms with E-state index in [2.05, 4.69) is 11.8 Å². The monoisotopic (exact) mass is 185 g/mol. The van der Waals surface area contributed by atoms with Crippen LogP contribution in [0.15, 0.2) is 0 Å². The number of methoxy groups -OCH3 is 1. The summed E-state index contributed by atoms with van der Waals surface area (Å²) in [5.41, 5.74) is -0.0519. The van der Waals surface area contributed by atoms with Crippen molar-refractivity contribution in [3.63, 3.8) is 0 Å². The van der Waals surface area contributed by atoms with Gasteiger partial charge in [-0.25, -0.2) is 0 Å². The second-order valence-electron chi connectivity index (χ2n) is 4.16. The first-order chi connectivity index (χ1) is 5.98. The lowest BCUT2D eigenvalue weighted by molar-refractivity contribution is -0.121. The zero-order valence-electron chi connectivity index (χ0n) is 8.96. The van der Waals surface area contributed by atoms with E-state index in [4.69, 9.17) is 4.74 Å². The Morgan fingerprint density at radius 1 is 1.62 bits per heavy atom. The van der Waals surface area contributed by atoms with Crippen LogP contribution in [-0.2, 0) is 9.53 Å². The first-order valence-electron chi connectivity index (χ1n) is 4.78. The van der Waals surface area contributed by atoms with E-state index in [-0.39, 0.29) is 17.4 Å². The molecule has 1 aliphatic rings. The summed E-state index contributed by atoms with van der Waals surface area (Å²) in [7, 11) is 1.74. The number of hydrogen-bond donors (Lipinski definition) is 0. The van der Waals surface area contributed by atoms with Crippen molar-refractivity contribution in [1.29, 1.82) is 0 Å². The molecule has 0 bridgehead atoms. The quantitative estimate of drug-likeness (QED) is 0.659. The van der Waals surface area contributed by atoms with Crippen LogP contribution in [0.1, 0.15) is 27.2 Å². The van der Waals surface area contributed by atoms with Crippen molar-refractivity contribution in [1.82, 2.24) is 4.90 Å². The molecule has 2 atom stereocenters. The maximum Gasteiger partial charge on any atom is 0.146 e. The molecule has 1 heterocycles. The maximum absolute atomic E-state index is 11.1. The highest BCUT2D eigenvalue weighted by atomic mass is 16.5. The first kappa shape index (κ1) is 10.7. The minimum absolute atomic E-state index is 0.0389. The molecule has 13 heavy (non-hydrogen) atoms.